The maximum Gasteiger partial charge on any atom is 0.234 e. The fourth-order valence-electron chi connectivity index (χ4n) is 3.33. The lowest BCUT2D eigenvalue weighted by atomic mass is 9.67. The van der Waals surface area contributed by atoms with E-state index < -0.39 is 0 Å². The molecule has 0 radical (unpaired) electrons. The monoisotopic (exact) mass is 258 g/mol. The van der Waals surface area contributed by atoms with Crippen molar-refractivity contribution in [3.8, 4) is 0 Å². The minimum absolute atomic E-state index is 0.256. The minimum Gasteiger partial charge on any atom is -0.329 e. The van der Waals surface area contributed by atoms with Crippen LogP contribution in [-0.4, -0.2) is 19.0 Å². The SMILES string of the molecule is Cc1ccc2c(c1)CCCN2C(=O)C1(CN)CCC1. The van der Waals surface area contributed by atoms with Crippen LogP contribution in [-0.2, 0) is 11.2 Å². The number of nitrogens with two attached hydrogens (primary N) is 1. The molecule has 3 rings (SSSR count). The number of amides is 1. The second-order valence-corrected chi connectivity index (χ2v) is 6.03. The predicted octanol–water partition coefficient (Wildman–Crippen LogP) is 2.40. The Kier molecular flexibility index (Phi) is 3.09. The highest BCUT2D eigenvalue weighted by Crippen LogP contribution is 2.43. The van der Waals surface area contributed by atoms with Crippen LogP contribution in [0.25, 0.3) is 0 Å². The molecule has 3 nitrogen and oxygen atoms in total. The average Bonchev–Trinajstić information content (AvgIpc) is 2.37. The van der Waals surface area contributed by atoms with E-state index in [-0.39, 0.29) is 11.3 Å². The van der Waals surface area contributed by atoms with Crippen molar-refractivity contribution >= 4 is 11.6 Å². The van der Waals surface area contributed by atoms with Gasteiger partial charge in [0, 0.05) is 18.8 Å². The van der Waals surface area contributed by atoms with Gasteiger partial charge in [0.05, 0.1) is 5.41 Å². The largest absolute Gasteiger partial charge is 0.329 e. The summed E-state index contributed by atoms with van der Waals surface area (Å²) in [7, 11) is 0. The molecule has 1 aromatic carbocycles. The fraction of sp³-hybridized carbons (Fsp3) is 0.562. The molecule has 0 atom stereocenters. The van der Waals surface area contributed by atoms with Gasteiger partial charge in [0.25, 0.3) is 0 Å². The van der Waals surface area contributed by atoms with Crippen molar-refractivity contribution in [2.75, 3.05) is 18.0 Å². The second-order valence-electron chi connectivity index (χ2n) is 6.03. The van der Waals surface area contributed by atoms with E-state index >= 15 is 0 Å². The summed E-state index contributed by atoms with van der Waals surface area (Å²) in [6.07, 6.45) is 5.19. The smallest absolute Gasteiger partial charge is 0.234 e. The number of carbonyl (C=O) groups excluding carboxylic acids is 1. The van der Waals surface area contributed by atoms with E-state index in [0.29, 0.717) is 6.54 Å². The number of rotatable bonds is 2. The summed E-state index contributed by atoms with van der Waals surface area (Å²) in [5.41, 5.74) is 9.30. The molecule has 19 heavy (non-hydrogen) atoms. The minimum atomic E-state index is -0.264. The van der Waals surface area contributed by atoms with Gasteiger partial charge in [0.2, 0.25) is 5.91 Å². The van der Waals surface area contributed by atoms with Gasteiger partial charge in [-0.3, -0.25) is 4.79 Å². The van der Waals surface area contributed by atoms with Crippen molar-refractivity contribution < 1.29 is 4.79 Å². The van der Waals surface area contributed by atoms with Crippen molar-refractivity contribution in [1.82, 2.24) is 0 Å². The van der Waals surface area contributed by atoms with Crippen molar-refractivity contribution in [3.05, 3.63) is 29.3 Å². The molecule has 2 N–H and O–H groups in total. The number of hydrogen-bond donors (Lipinski definition) is 1. The van der Waals surface area contributed by atoms with Crippen LogP contribution >= 0.6 is 0 Å². The Morgan fingerprint density at radius 2 is 2.16 bits per heavy atom. The molecule has 0 bridgehead atoms. The van der Waals surface area contributed by atoms with E-state index in [9.17, 15) is 4.79 Å². The van der Waals surface area contributed by atoms with Crippen molar-refractivity contribution in [1.29, 1.82) is 0 Å². The molecule has 3 heteroatoms. The number of fused-ring (bicyclic) bond motifs is 1. The third-order valence-electron chi connectivity index (χ3n) is 4.75. The van der Waals surface area contributed by atoms with Crippen molar-refractivity contribution in [2.24, 2.45) is 11.1 Å². The Hall–Kier alpha value is -1.35. The lowest BCUT2D eigenvalue weighted by Crippen LogP contribution is -2.53. The molecule has 1 aliphatic heterocycles. The first kappa shape index (κ1) is 12.7. The van der Waals surface area contributed by atoms with E-state index in [2.05, 4.69) is 25.1 Å². The molecule has 0 aromatic heterocycles. The van der Waals surface area contributed by atoms with Crippen LogP contribution in [0, 0.1) is 12.3 Å². The standard InChI is InChI=1S/C16H22N2O/c1-12-5-6-14-13(10-12)4-2-9-18(14)15(19)16(11-17)7-3-8-16/h5-6,10H,2-4,7-9,11,17H2,1H3. The van der Waals surface area contributed by atoms with Gasteiger partial charge in [-0.25, -0.2) is 0 Å². The molecule has 1 heterocycles. The number of carbonyl (C=O) groups is 1. The average molecular weight is 258 g/mol. The van der Waals surface area contributed by atoms with Gasteiger partial charge in [0.1, 0.15) is 0 Å². The van der Waals surface area contributed by atoms with Crippen LogP contribution < -0.4 is 10.6 Å². The molecular formula is C16H22N2O. The van der Waals surface area contributed by atoms with Gasteiger partial charge < -0.3 is 10.6 Å². The summed E-state index contributed by atoms with van der Waals surface area (Å²) in [6.45, 7) is 3.44. The zero-order valence-corrected chi connectivity index (χ0v) is 11.6. The molecule has 1 saturated carbocycles. The maximum absolute atomic E-state index is 12.8. The van der Waals surface area contributed by atoms with E-state index in [1.165, 1.54) is 11.1 Å². The molecule has 0 unspecified atom stereocenters. The highest BCUT2D eigenvalue weighted by Gasteiger charge is 2.45. The summed E-state index contributed by atoms with van der Waals surface area (Å²) in [5.74, 6) is 0.256. The number of nitrogens with zero attached hydrogens (tertiary/aromatic N) is 1. The summed E-state index contributed by atoms with van der Waals surface area (Å²) in [6, 6.07) is 6.41. The van der Waals surface area contributed by atoms with E-state index in [1.807, 2.05) is 4.90 Å². The zero-order chi connectivity index (χ0) is 13.5. The summed E-state index contributed by atoms with van der Waals surface area (Å²) >= 11 is 0. The number of hydrogen-bond acceptors (Lipinski definition) is 2. The second kappa shape index (κ2) is 4.64. The lowest BCUT2D eigenvalue weighted by Gasteiger charge is -2.44. The first-order valence-corrected chi connectivity index (χ1v) is 7.28. The Bertz CT molecular complexity index is 500. The highest BCUT2D eigenvalue weighted by atomic mass is 16.2. The topological polar surface area (TPSA) is 46.3 Å². The van der Waals surface area contributed by atoms with E-state index in [4.69, 9.17) is 5.73 Å². The summed E-state index contributed by atoms with van der Waals surface area (Å²) in [4.78, 5) is 14.8. The Morgan fingerprint density at radius 1 is 1.37 bits per heavy atom. The van der Waals surface area contributed by atoms with Crippen LogP contribution in [0.3, 0.4) is 0 Å². The van der Waals surface area contributed by atoms with Crippen LogP contribution in [0.5, 0.6) is 0 Å². The third kappa shape index (κ3) is 1.96. The lowest BCUT2D eigenvalue weighted by molar-refractivity contribution is -0.132. The van der Waals surface area contributed by atoms with Crippen LogP contribution in [0.4, 0.5) is 5.69 Å². The summed E-state index contributed by atoms with van der Waals surface area (Å²) < 4.78 is 0. The quantitative estimate of drug-likeness (QED) is 0.885. The van der Waals surface area contributed by atoms with Crippen LogP contribution in [0.1, 0.15) is 36.8 Å². The summed E-state index contributed by atoms with van der Waals surface area (Å²) in [5, 5.41) is 0. The van der Waals surface area contributed by atoms with Gasteiger partial charge in [-0.1, -0.05) is 24.1 Å². The van der Waals surface area contributed by atoms with Gasteiger partial charge in [-0.2, -0.15) is 0 Å². The predicted molar refractivity (Wildman–Crippen MR) is 77.2 cm³/mol. The van der Waals surface area contributed by atoms with Crippen molar-refractivity contribution in [2.45, 2.75) is 39.0 Å². The first-order chi connectivity index (χ1) is 9.16. The van der Waals surface area contributed by atoms with Crippen molar-refractivity contribution in [3.63, 3.8) is 0 Å². The number of benzene rings is 1. The molecule has 0 spiro atoms. The maximum atomic E-state index is 12.8. The highest BCUT2D eigenvalue weighted by molar-refractivity contribution is 5.99. The fourth-order valence-corrected chi connectivity index (χ4v) is 3.33. The molecule has 1 aliphatic carbocycles. The van der Waals surface area contributed by atoms with Gasteiger partial charge in [0.15, 0.2) is 0 Å². The molecule has 1 amide bonds. The first-order valence-electron chi connectivity index (χ1n) is 7.28. The molecule has 2 aliphatic rings. The van der Waals surface area contributed by atoms with Gasteiger partial charge in [-0.05, 0) is 44.2 Å². The third-order valence-corrected chi connectivity index (χ3v) is 4.75. The van der Waals surface area contributed by atoms with Crippen LogP contribution in [0.2, 0.25) is 0 Å². The Balaban J connectivity index is 1.93. The number of aryl methyl sites for hydroxylation is 2. The van der Waals surface area contributed by atoms with E-state index in [0.717, 1.165) is 44.3 Å². The molecule has 102 valence electrons. The molecule has 0 saturated heterocycles. The van der Waals surface area contributed by atoms with E-state index in [1.54, 1.807) is 0 Å². The van der Waals surface area contributed by atoms with Gasteiger partial charge in [-0.15, -0.1) is 0 Å². The molecular weight excluding hydrogens is 236 g/mol. The molecule has 1 aromatic rings. The zero-order valence-electron chi connectivity index (χ0n) is 11.6. The Labute approximate surface area is 114 Å². The van der Waals surface area contributed by atoms with Crippen LogP contribution in [0.15, 0.2) is 18.2 Å². The Morgan fingerprint density at radius 3 is 2.79 bits per heavy atom. The normalized spacial score (nSPS) is 20.6. The molecule has 1 fully saturated rings. The number of anilines is 1. The van der Waals surface area contributed by atoms with Gasteiger partial charge >= 0.3 is 0 Å².